The molecule has 122 valence electrons. The lowest BCUT2D eigenvalue weighted by Crippen LogP contribution is -2.36. The molecule has 0 radical (unpaired) electrons. The van der Waals surface area contributed by atoms with Crippen LogP contribution in [-0.4, -0.2) is 44.4 Å². The number of thioether (sulfide) groups is 1. The minimum Gasteiger partial charge on any atom is -0.342 e. The fraction of sp³-hybridized carbons (Fsp3) is 0.471. The summed E-state index contributed by atoms with van der Waals surface area (Å²) in [6.07, 6.45) is 3.49. The second kappa shape index (κ2) is 7.64. The lowest BCUT2D eigenvalue weighted by molar-refractivity contribution is -0.129. The third kappa shape index (κ3) is 4.13. The van der Waals surface area contributed by atoms with Gasteiger partial charge in [0.25, 0.3) is 0 Å². The normalized spacial score (nSPS) is 14.9. The maximum Gasteiger partial charge on any atom is 0.233 e. The molecule has 0 aliphatic carbocycles. The molecule has 5 nitrogen and oxygen atoms in total. The van der Waals surface area contributed by atoms with Crippen LogP contribution < -0.4 is 0 Å². The molecule has 0 saturated carbocycles. The Hall–Kier alpha value is -1.82. The quantitative estimate of drug-likeness (QED) is 0.791. The van der Waals surface area contributed by atoms with Gasteiger partial charge in [-0.15, -0.1) is 10.2 Å². The molecular formula is C17H22N4OS. The van der Waals surface area contributed by atoms with Gasteiger partial charge in [-0.2, -0.15) is 0 Å². The summed E-state index contributed by atoms with van der Waals surface area (Å²) in [6.45, 7) is 4.48. The summed E-state index contributed by atoms with van der Waals surface area (Å²) in [5.74, 6) is 1.52. The molecule has 0 spiro atoms. The zero-order valence-corrected chi connectivity index (χ0v) is 14.3. The molecule has 0 bridgehead atoms. The molecule has 1 aromatic heterocycles. The molecule has 0 unspecified atom stereocenters. The van der Waals surface area contributed by atoms with Gasteiger partial charge in [-0.3, -0.25) is 4.79 Å². The number of piperidine rings is 1. The largest absolute Gasteiger partial charge is 0.342 e. The molecule has 0 atom stereocenters. The van der Waals surface area contributed by atoms with E-state index in [1.165, 1.54) is 23.7 Å². The molecule has 0 N–H and O–H groups in total. The third-order valence-corrected chi connectivity index (χ3v) is 5.07. The molecule has 1 aromatic carbocycles. The average Bonchev–Trinajstić information content (AvgIpc) is 2.94. The molecule has 23 heavy (non-hydrogen) atoms. The van der Waals surface area contributed by atoms with Gasteiger partial charge in [0.2, 0.25) is 5.91 Å². The summed E-state index contributed by atoms with van der Waals surface area (Å²) in [4.78, 5) is 14.3. The SMILES string of the molecule is Cc1nnc(SCC(=O)N2CCCCC2)n1Cc1ccccc1. The van der Waals surface area contributed by atoms with Gasteiger partial charge in [0.05, 0.1) is 12.3 Å². The molecule has 3 rings (SSSR count). The highest BCUT2D eigenvalue weighted by Crippen LogP contribution is 2.20. The highest BCUT2D eigenvalue weighted by molar-refractivity contribution is 7.99. The molecule has 2 aromatic rings. The average molecular weight is 330 g/mol. The van der Waals surface area contributed by atoms with Crippen LogP contribution in [0.2, 0.25) is 0 Å². The number of amides is 1. The standard InChI is InChI=1S/C17H22N4OS/c1-14-18-19-17(21(14)12-15-8-4-2-5-9-15)23-13-16(22)20-10-6-3-7-11-20/h2,4-5,8-9H,3,6-7,10-13H2,1H3. The van der Waals surface area contributed by atoms with E-state index in [9.17, 15) is 4.79 Å². The fourth-order valence-corrected chi connectivity index (χ4v) is 3.66. The van der Waals surface area contributed by atoms with Crippen molar-refractivity contribution in [3.05, 3.63) is 41.7 Å². The number of carbonyl (C=O) groups is 1. The summed E-state index contributed by atoms with van der Waals surface area (Å²) in [7, 11) is 0. The Bertz CT molecular complexity index is 650. The molecule has 2 heterocycles. The van der Waals surface area contributed by atoms with E-state index in [1.54, 1.807) is 0 Å². The Kier molecular flexibility index (Phi) is 5.33. The number of benzene rings is 1. The summed E-state index contributed by atoms with van der Waals surface area (Å²) < 4.78 is 2.07. The highest BCUT2D eigenvalue weighted by Gasteiger charge is 2.18. The summed E-state index contributed by atoms with van der Waals surface area (Å²) >= 11 is 1.49. The highest BCUT2D eigenvalue weighted by atomic mass is 32.2. The van der Waals surface area contributed by atoms with Gasteiger partial charge in [0, 0.05) is 13.1 Å². The van der Waals surface area contributed by atoms with Crippen molar-refractivity contribution in [1.82, 2.24) is 19.7 Å². The van der Waals surface area contributed by atoms with Gasteiger partial charge in [0.1, 0.15) is 5.82 Å². The number of likely N-dealkylation sites (tertiary alicyclic amines) is 1. The summed E-state index contributed by atoms with van der Waals surface area (Å²) in [5.41, 5.74) is 1.21. The van der Waals surface area contributed by atoms with Crippen LogP contribution in [0.3, 0.4) is 0 Å². The van der Waals surface area contributed by atoms with E-state index < -0.39 is 0 Å². The maximum absolute atomic E-state index is 12.3. The Morgan fingerprint density at radius 1 is 1.13 bits per heavy atom. The van der Waals surface area contributed by atoms with Crippen LogP contribution in [0, 0.1) is 6.92 Å². The smallest absolute Gasteiger partial charge is 0.233 e. The van der Waals surface area contributed by atoms with E-state index in [0.717, 1.165) is 43.5 Å². The Morgan fingerprint density at radius 3 is 2.61 bits per heavy atom. The number of hydrogen-bond donors (Lipinski definition) is 0. The van der Waals surface area contributed by atoms with E-state index in [-0.39, 0.29) is 5.91 Å². The first-order valence-corrected chi connectivity index (χ1v) is 9.07. The molecular weight excluding hydrogens is 308 g/mol. The predicted molar refractivity (Wildman–Crippen MR) is 91.5 cm³/mol. The second-order valence-corrected chi connectivity index (χ2v) is 6.77. The van der Waals surface area contributed by atoms with Crippen LogP contribution in [0.4, 0.5) is 0 Å². The topological polar surface area (TPSA) is 51.0 Å². The van der Waals surface area contributed by atoms with Crippen molar-refractivity contribution >= 4 is 17.7 Å². The lowest BCUT2D eigenvalue weighted by Gasteiger charge is -2.26. The first-order chi connectivity index (χ1) is 11.2. The Labute approximate surface area is 141 Å². The fourth-order valence-electron chi connectivity index (χ4n) is 2.78. The Balaban J connectivity index is 1.63. The number of carbonyl (C=O) groups excluding carboxylic acids is 1. The Morgan fingerprint density at radius 2 is 1.87 bits per heavy atom. The van der Waals surface area contributed by atoms with Gasteiger partial charge in [-0.05, 0) is 31.7 Å². The molecule has 1 aliphatic rings. The molecule has 6 heteroatoms. The van der Waals surface area contributed by atoms with Crippen LogP contribution in [0.25, 0.3) is 0 Å². The van der Waals surface area contributed by atoms with E-state index in [2.05, 4.69) is 26.9 Å². The first-order valence-electron chi connectivity index (χ1n) is 8.08. The van der Waals surface area contributed by atoms with Crippen molar-refractivity contribution in [1.29, 1.82) is 0 Å². The minimum atomic E-state index is 0.210. The van der Waals surface area contributed by atoms with E-state index in [1.807, 2.05) is 30.0 Å². The number of rotatable bonds is 5. The molecule has 1 aliphatic heterocycles. The lowest BCUT2D eigenvalue weighted by atomic mass is 10.1. The molecule has 1 saturated heterocycles. The van der Waals surface area contributed by atoms with E-state index >= 15 is 0 Å². The monoisotopic (exact) mass is 330 g/mol. The van der Waals surface area contributed by atoms with Gasteiger partial charge in [-0.25, -0.2) is 0 Å². The van der Waals surface area contributed by atoms with Gasteiger partial charge in [0.15, 0.2) is 5.16 Å². The summed E-state index contributed by atoms with van der Waals surface area (Å²) in [6, 6.07) is 10.2. The van der Waals surface area contributed by atoms with Crippen molar-refractivity contribution in [2.75, 3.05) is 18.8 Å². The zero-order valence-electron chi connectivity index (χ0n) is 13.4. The number of hydrogen-bond acceptors (Lipinski definition) is 4. The van der Waals surface area contributed by atoms with Crippen LogP contribution in [0.15, 0.2) is 35.5 Å². The van der Waals surface area contributed by atoms with Gasteiger partial charge < -0.3 is 9.47 Å². The number of nitrogens with zero attached hydrogens (tertiary/aromatic N) is 4. The number of aryl methyl sites for hydroxylation is 1. The molecule has 1 amide bonds. The van der Waals surface area contributed by atoms with Crippen molar-refractivity contribution in [3.63, 3.8) is 0 Å². The van der Waals surface area contributed by atoms with Crippen LogP contribution in [0.1, 0.15) is 30.7 Å². The van der Waals surface area contributed by atoms with Crippen molar-refractivity contribution in [2.24, 2.45) is 0 Å². The van der Waals surface area contributed by atoms with Gasteiger partial charge in [-0.1, -0.05) is 42.1 Å². The van der Waals surface area contributed by atoms with Crippen LogP contribution in [0.5, 0.6) is 0 Å². The predicted octanol–water partition coefficient (Wildman–Crippen LogP) is 2.74. The zero-order chi connectivity index (χ0) is 16.1. The number of aromatic nitrogens is 3. The third-order valence-electron chi connectivity index (χ3n) is 4.12. The van der Waals surface area contributed by atoms with E-state index in [4.69, 9.17) is 0 Å². The van der Waals surface area contributed by atoms with Crippen molar-refractivity contribution in [3.8, 4) is 0 Å². The van der Waals surface area contributed by atoms with Crippen molar-refractivity contribution < 1.29 is 4.79 Å². The van der Waals surface area contributed by atoms with E-state index in [0.29, 0.717) is 5.75 Å². The van der Waals surface area contributed by atoms with Crippen LogP contribution >= 0.6 is 11.8 Å². The van der Waals surface area contributed by atoms with Gasteiger partial charge >= 0.3 is 0 Å². The minimum absolute atomic E-state index is 0.210. The van der Waals surface area contributed by atoms with Crippen LogP contribution in [-0.2, 0) is 11.3 Å². The second-order valence-electron chi connectivity index (χ2n) is 5.83. The maximum atomic E-state index is 12.3. The molecule has 1 fully saturated rings. The first kappa shape index (κ1) is 16.1. The summed E-state index contributed by atoms with van der Waals surface area (Å²) in [5, 5.41) is 9.22. The van der Waals surface area contributed by atoms with Crippen molar-refractivity contribution in [2.45, 2.75) is 37.9 Å².